The summed E-state index contributed by atoms with van der Waals surface area (Å²) in [4.78, 5) is 2.12. The molecule has 1 aromatic carbocycles. The van der Waals surface area contributed by atoms with E-state index in [2.05, 4.69) is 10.2 Å². The van der Waals surface area contributed by atoms with Gasteiger partial charge in [-0.2, -0.15) is 0 Å². The van der Waals surface area contributed by atoms with Gasteiger partial charge in [-0.3, -0.25) is 0 Å². The summed E-state index contributed by atoms with van der Waals surface area (Å²) >= 11 is 0. The molecule has 4 heteroatoms. The molecule has 20 heavy (non-hydrogen) atoms. The van der Waals surface area contributed by atoms with Gasteiger partial charge in [0.15, 0.2) is 0 Å². The van der Waals surface area contributed by atoms with Gasteiger partial charge in [0.25, 0.3) is 0 Å². The highest BCUT2D eigenvalue weighted by Gasteiger charge is 2.30. The van der Waals surface area contributed by atoms with E-state index in [9.17, 15) is 9.50 Å². The number of hydrogen-bond donors (Lipinski definition) is 2. The Hall–Kier alpha value is -1.13. The van der Waals surface area contributed by atoms with Crippen molar-refractivity contribution in [3.63, 3.8) is 0 Å². The number of halogens is 1. The second kappa shape index (κ2) is 5.34. The van der Waals surface area contributed by atoms with Crippen LogP contribution in [0, 0.1) is 5.82 Å². The van der Waals surface area contributed by atoms with Crippen LogP contribution in [0.15, 0.2) is 18.2 Å². The Morgan fingerprint density at radius 1 is 1.45 bits per heavy atom. The van der Waals surface area contributed by atoms with E-state index < -0.39 is 5.60 Å². The fourth-order valence-corrected chi connectivity index (χ4v) is 2.98. The largest absolute Gasteiger partial charge is 0.388 e. The summed E-state index contributed by atoms with van der Waals surface area (Å²) in [5.41, 5.74) is 0.987. The van der Waals surface area contributed by atoms with Crippen molar-refractivity contribution in [1.82, 2.24) is 5.32 Å². The van der Waals surface area contributed by atoms with Gasteiger partial charge in [-0.1, -0.05) is 6.07 Å². The second-order valence-corrected chi connectivity index (χ2v) is 6.41. The first-order valence-electron chi connectivity index (χ1n) is 7.53. The lowest BCUT2D eigenvalue weighted by Crippen LogP contribution is -2.46. The average molecular weight is 278 g/mol. The average Bonchev–Trinajstić information content (AvgIpc) is 3.20. The molecule has 2 aliphatic rings. The van der Waals surface area contributed by atoms with E-state index in [1.807, 2.05) is 13.0 Å². The van der Waals surface area contributed by atoms with Crippen LogP contribution in [-0.2, 0) is 6.54 Å². The van der Waals surface area contributed by atoms with Crippen molar-refractivity contribution in [1.29, 1.82) is 0 Å². The summed E-state index contributed by atoms with van der Waals surface area (Å²) in [5.74, 6) is -0.152. The molecule has 1 atom stereocenters. The number of nitrogens with one attached hydrogen (secondary N) is 1. The molecule has 1 aromatic rings. The quantitative estimate of drug-likeness (QED) is 0.888. The van der Waals surface area contributed by atoms with Crippen molar-refractivity contribution in [2.75, 3.05) is 18.0 Å². The van der Waals surface area contributed by atoms with Crippen LogP contribution in [0.25, 0.3) is 0 Å². The van der Waals surface area contributed by atoms with Gasteiger partial charge < -0.3 is 15.3 Å². The van der Waals surface area contributed by atoms with Crippen molar-refractivity contribution >= 4 is 5.69 Å². The Labute approximate surface area is 119 Å². The Morgan fingerprint density at radius 3 is 2.95 bits per heavy atom. The van der Waals surface area contributed by atoms with Gasteiger partial charge in [0, 0.05) is 36.9 Å². The van der Waals surface area contributed by atoms with Gasteiger partial charge in [-0.15, -0.1) is 0 Å². The Balaban J connectivity index is 1.81. The second-order valence-electron chi connectivity index (χ2n) is 6.41. The lowest BCUT2D eigenvalue weighted by Gasteiger charge is -2.39. The van der Waals surface area contributed by atoms with Crippen LogP contribution in [0.1, 0.15) is 38.2 Å². The highest BCUT2D eigenvalue weighted by molar-refractivity contribution is 5.55. The van der Waals surface area contributed by atoms with E-state index in [4.69, 9.17) is 0 Å². The smallest absolute Gasteiger partial charge is 0.129 e. The molecule has 0 bridgehead atoms. The maximum Gasteiger partial charge on any atom is 0.129 e. The van der Waals surface area contributed by atoms with Gasteiger partial charge in [0.2, 0.25) is 0 Å². The maximum atomic E-state index is 14.1. The molecule has 0 spiro atoms. The third kappa shape index (κ3) is 3.13. The molecule has 1 aliphatic heterocycles. The fourth-order valence-electron chi connectivity index (χ4n) is 2.98. The van der Waals surface area contributed by atoms with Crippen LogP contribution in [0.5, 0.6) is 0 Å². The summed E-state index contributed by atoms with van der Waals surface area (Å²) in [6.45, 7) is 3.90. The molecular formula is C16H23FN2O. The minimum absolute atomic E-state index is 0.152. The topological polar surface area (TPSA) is 35.5 Å². The number of nitrogens with zero attached hydrogens (tertiary/aromatic N) is 1. The van der Waals surface area contributed by atoms with Gasteiger partial charge in [-0.25, -0.2) is 4.39 Å². The third-order valence-corrected chi connectivity index (χ3v) is 4.25. The van der Waals surface area contributed by atoms with E-state index in [0.717, 1.165) is 30.6 Å². The minimum atomic E-state index is -0.675. The number of β-amino-alcohol motifs (C(OH)–C–C–N with tert-alkyl or cyclic N) is 1. The van der Waals surface area contributed by atoms with Crippen LogP contribution in [-0.4, -0.2) is 29.8 Å². The van der Waals surface area contributed by atoms with E-state index in [1.54, 1.807) is 6.07 Å². The Morgan fingerprint density at radius 2 is 2.25 bits per heavy atom. The molecule has 1 heterocycles. The lowest BCUT2D eigenvalue weighted by atomic mass is 9.94. The number of piperidine rings is 1. The summed E-state index contributed by atoms with van der Waals surface area (Å²) < 4.78 is 14.1. The van der Waals surface area contributed by atoms with E-state index >= 15 is 0 Å². The molecular weight excluding hydrogens is 255 g/mol. The molecule has 110 valence electrons. The maximum absolute atomic E-state index is 14.1. The third-order valence-electron chi connectivity index (χ3n) is 4.25. The normalized spacial score (nSPS) is 26.9. The van der Waals surface area contributed by atoms with Gasteiger partial charge in [-0.05, 0) is 44.7 Å². The highest BCUT2D eigenvalue weighted by atomic mass is 19.1. The molecule has 2 fully saturated rings. The summed E-state index contributed by atoms with van der Waals surface area (Å²) in [5, 5.41) is 13.6. The van der Waals surface area contributed by atoms with Crippen LogP contribution in [0.2, 0.25) is 0 Å². The first-order chi connectivity index (χ1) is 9.55. The molecule has 3 rings (SSSR count). The minimum Gasteiger partial charge on any atom is -0.388 e. The summed E-state index contributed by atoms with van der Waals surface area (Å²) in [7, 11) is 0. The number of aliphatic hydroxyl groups is 1. The number of hydrogen-bond acceptors (Lipinski definition) is 3. The highest BCUT2D eigenvalue weighted by Crippen LogP contribution is 2.30. The Bertz CT molecular complexity index is 485. The number of rotatable bonds is 4. The SMILES string of the molecule is CC1(O)CCCN(c2cccc(F)c2CNC2CC2)C1. The molecule has 1 saturated heterocycles. The van der Waals surface area contributed by atoms with Gasteiger partial charge in [0.05, 0.1) is 5.60 Å². The number of benzene rings is 1. The van der Waals surface area contributed by atoms with Crippen molar-refractivity contribution < 1.29 is 9.50 Å². The van der Waals surface area contributed by atoms with Crippen molar-refractivity contribution in [2.45, 2.75) is 50.8 Å². The Kier molecular flexibility index (Phi) is 3.69. The van der Waals surface area contributed by atoms with Crippen LogP contribution < -0.4 is 10.2 Å². The zero-order valence-corrected chi connectivity index (χ0v) is 12.0. The van der Waals surface area contributed by atoms with Crippen LogP contribution in [0.4, 0.5) is 10.1 Å². The van der Waals surface area contributed by atoms with Crippen molar-refractivity contribution in [3.8, 4) is 0 Å². The first-order valence-corrected chi connectivity index (χ1v) is 7.53. The fraction of sp³-hybridized carbons (Fsp3) is 0.625. The molecule has 1 saturated carbocycles. The molecule has 1 aliphatic carbocycles. The molecule has 3 nitrogen and oxygen atoms in total. The molecule has 0 radical (unpaired) electrons. The molecule has 0 aromatic heterocycles. The predicted molar refractivity (Wildman–Crippen MR) is 78.3 cm³/mol. The lowest BCUT2D eigenvalue weighted by molar-refractivity contribution is 0.0448. The van der Waals surface area contributed by atoms with E-state index in [-0.39, 0.29) is 5.82 Å². The zero-order chi connectivity index (χ0) is 14.2. The van der Waals surface area contributed by atoms with E-state index in [1.165, 1.54) is 18.9 Å². The molecule has 0 amide bonds. The predicted octanol–water partition coefficient (Wildman–Crippen LogP) is 2.43. The first kappa shape index (κ1) is 13.8. The van der Waals surface area contributed by atoms with Crippen molar-refractivity contribution in [2.24, 2.45) is 0 Å². The monoisotopic (exact) mass is 278 g/mol. The van der Waals surface area contributed by atoms with Crippen LogP contribution >= 0.6 is 0 Å². The molecule has 1 unspecified atom stereocenters. The van der Waals surface area contributed by atoms with Gasteiger partial charge >= 0.3 is 0 Å². The molecule has 2 N–H and O–H groups in total. The van der Waals surface area contributed by atoms with E-state index in [0.29, 0.717) is 19.1 Å². The standard InChI is InChI=1S/C16H23FN2O/c1-16(20)8-3-9-19(11-16)15-5-2-4-14(17)13(15)10-18-12-6-7-12/h2,4-5,12,18,20H,3,6-11H2,1H3. The van der Waals surface area contributed by atoms with Crippen LogP contribution in [0.3, 0.4) is 0 Å². The summed E-state index contributed by atoms with van der Waals surface area (Å²) in [6.07, 6.45) is 4.15. The zero-order valence-electron chi connectivity index (χ0n) is 12.0. The van der Waals surface area contributed by atoms with Gasteiger partial charge in [0.1, 0.15) is 5.82 Å². The van der Waals surface area contributed by atoms with Crippen molar-refractivity contribution in [3.05, 3.63) is 29.6 Å². The summed E-state index contributed by atoms with van der Waals surface area (Å²) in [6, 6.07) is 5.81. The number of anilines is 1.